The van der Waals surface area contributed by atoms with Crippen molar-refractivity contribution in [2.24, 2.45) is 0 Å². The third kappa shape index (κ3) is 6.47. The van der Waals surface area contributed by atoms with Gasteiger partial charge >= 0.3 is 5.97 Å². The van der Waals surface area contributed by atoms with Gasteiger partial charge in [-0.15, -0.1) is 0 Å². The maximum atomic E-state index is 13.2. The molecule has 0 aliphatic carbocycles. The molecule has 0 aromatic carbocycles. The van der Waals surface area contributed by atoms with Crippen LogP contribution in [0.3, 0.4) is 0 Å². The van der Waals surface area contributed by atoms with Gasteiger partial charge in [0.05, 0.1) is 0 Å². The first-order chi connectivity index (χ1) is 7.29. The van der Waals surface area contributed by atoms with Crippen molar-refractivity contribution in [1.29, 1.82) is 0 Å². The minimum atomic E-state index is -0.963. The van der Waals surface area contributed by atoms with E-state index in [1.54, 1.807) is 0 Å². The first-order valence-electron chi connectivity index (χ1n) is 6.09. The van der Waals surface area contributed by atoms with Crippen LogP contribution in [0.15, 0.2) is 0 Å². The Labute approximate surface area is 91.2 Å². The van der Waals surface area contributed by atoms with Gasteiger partial charge in [0.1, 0.15) is 12.8 Å². The van der Waals surface area contributed by atoms with Gasteiger partial charge in [0, 0.05) is 6.42 Å². The molecule has 0 aromatic heterocycles. The summed E-state index contributed by atoms with van der Waals surface area (Å²) in [7, 11) is 0. The Bertz CT molecular complexity index is 182. The molecule has 1 atom stereocenters. The molecule has 0 bridgehead atoms. The number of carbonyl (C=O) groups excluding carboxylic acids is 1. The molecule has 1 rings (SSSR count). The molecule has 1 aliphatic heterocycles. The van der Waals surface area contributed by atoms with E-state index < -0.39 is 6.17 Å². The first kappa shape index (κ1) is 12.5. The molecule has 15 heavy (non-hydrogen) atoms. The number of ether oxygens (including phenoxy) is 1. The number of alkyl halides is 1. The van der Waals surface area contributed by atoms with Crippen LogP contribution in [0.25, 0.3) is 0 Å². The van der Waals surface area contributed by atoms with Crippen molar-refractivity contribution >= 4 is 5.97 Å². The smallest absolute Gasteiger partial charge is 0.305 e. The van der Waals surface area contributed by atoms with E-state index in [4.69, 9.17) is 4.74 Å². The summed E-state index contributed by atoms with van der Waals surface area (Å²) in [6.07, 6.45) is 7.62. The van der Waals surface area contributed by atoms with E-state index in [2.05, 4.69) is 0 Å². The molecule has 0 amide bonds. The number of hydrogen-bond acceptors (Lipinski definition) is 2. The highest BCUT2D eigenvalue weighted by Crippen LogP contribution is 2.13. The van der Waals surface area contributed by atoms with Gasteiger partial charge in [-0.1, -0.05) is 38.5 Å². The van der Waals surface area contributed by atoms with E-state index >= 15 is 0 Å². The van der Waals surface area contributed by atoms with Crippen molar-refractivity contribution < 1.29 is 13.9 Å². The van der Waals surface area contributed by atoms with Crippen LogP contribution in [-0.2, 0) is 9.53 Å². The molecule has 3 heteroatoms. The predicted molar refractivity (Wildman–Crippen MR) is 57.4 cm³/mol. The largest absolute Gasteiger partial charge is 0.463 e. The molecular formula is C12H21FO2. The van der Waals surface area contributed by atoms with Crippen LogP contribution >= 0.6 is 0 Å². The summed E-state index contributed by atoms with van der Waals surface area (Å²) in [5.74, 6) is -0.239. The van der Waals surface area contributed by atoms with Crippen LogP contribution in [0, 0.1) is 0 Å². The summed E-state index contributed by atoms with van der Waals surface area (Å²) < 4.78 is 18.0. The predicted octanol–water partition coefficient (Wildman–Crippen LogP) is 3.39. The monoisotopic (exact) mass is 216 g/mol. The summed E-state index contributed by atoms with van der Waals surface area (Å²) in [5, 5.41) is 0. The lowest BCUT2D eigenvalue weighted by molar-refractivity contribution is -0.145. The molecule has 0 radical (unpaired) electrons. The summed E-state index contributed by atoms with van der Waals surface area (Å²) in [4.78, 5) is 11.1. The van der Waals surface area contributed by atoms with Gasteiger partial charge in [0.15, 0.2) is 0 Å². The van der Waals surface area contributed by atoms with Gasteiger partial charge in [-0.3, -0.25) is 4.79 Å². The van der Waals surface area contributed by atoms with E-state index in [-0.39, 0.29) is 12.6 Å². The van der Waals surface area contributed by atoms with Crippen LogP contribution in [0.2, 0.25) is 0 Å². The minimum Gasteiger partial charge on any atom is -0.463 e. The molecule has 2 nitrogen and oxygen atoms in total. The number of halogens is 1. The highest BCUT2D eigenvalue weighted by Gasteiger charge is 2.10. The molecular weight excluding hydrogens is 195 g/mol. The van der Waals surface area contributed by atoms with E-state index in [1.807, 2.05) is 0 Å². The lowest BCUT2D eigenvalue weighted by Gasteiger charge is -2.08. The van der Waals surface area contributed by atoms with E-state index in [9.17, 15) is 9.18 Å². The highest BCUT2D eigenvalue weighted by atomic mass is 19.1. The Hall–Kier alpha value is -0.600. The molecule has 88 valence electrons. The van der Waals surface area contributed by atoms with Crippen molar-refractivity contribution in [3.05, 3.63) is 0 Å². The van der Waals surface area contributed by atoms with E-state index in [1.165, 1.54) is 19.3 Å². The van der Waals surface area contributed by atoms with E-state index in [0.717, 1.165) is 25.7 Å². The summed E-state index contributed by atoms with van der Waals surface area (Å²) in [5.41, 5.74) is 0. The lowest BCUT2D eigenvalue weighted by Crippen LogP contribution is -2.14. The second kappa shape index (κ2) is 7.66. The van der Waals surface area contributed by atoms with Crippen molar-refractivity contribution in [3.63, 3.8) is 0 Å². The third-order valence-electron chi connectivity index (χ3n) is 2.82. The number of rotatable bonds is 0. The van der Waals surface area contributed by atoms with Gasteiger partial charge in [0.25, 0.3) is 0 Å². The fourth-order valence-electron chi connectivity index (χ4n) is 1.86. The van der Waals surface area contributed by atoms with Crippen LogP contribution in [0.5, 0.6) is 0 Å². The van der Waals surface area contributed by atoms with Crippen LogP contribution in [-0.4, -0.2) is 18.7 Å². The molecule has 1 fully saturated rings. The van der Waals surface area contributed by atoms with Crippen molar-refractivity contribution in [2.75, 3.05) is 6.61 Å². The highest BCUT2D eigenvalue weighted by molar-refractivity contribution is 5.69. The zero-order chi connectivity index (χ0) is 10.9. The molecule has 1 aliphatic rings. The topological polar surface area (TPSA) is 26.3 Å². The first-order valence-corrected chi connectivity index (χ1v) is 6.09. The molecule has 1 saturated heterocycles. The Morgan fingerprint density at radius 2 is 1.60 bits per heavy atom. The van der Waals surface area contributed by atoms with Gasteiger partial charge in [-0.05, 0) is 12.8 Å². The van der Waals surface area contributed by atoms with Gasteiger partial charge in [0.2, 0.25) is 0 Å². The summed E-state index contributed by atoms with van der Waals surface area (Å²) in [6, 6.07) is 0. The minimum absolute atomic E-state index is 0.0428. The van der Waals surface area contributed by atoms with Crippen LogP contribution in [0.1, 0.15) is 57.8 Å². The fourth-order valence-corrected chi connectivity index (χ4v) is 1.86. The summed E-state index contributed by atoms with van der Waals surface area (Å²) >= 11 is 0. The number of hydrogen-bond donors (Lipinski definition) is 0. The maximum absolute atomic E-state index is 13.2. The Morgan fingerprint density at radius 1 is 1.00 bits per heavy atom. The standard InChI is InChI=1S/C12H21FO2/c13-11-8-6-4-2-1-3-5-7-9-12(14)15-10-11/h11H,1-10H2. The molecule has 0 N–H and O–H groups in total. The second-order valence-corrected chi connectivity index (χ2v) is 4.29. The van der Waals surface area contributed by atoms with Gasteiger partial charge < -0.3 is 4.74 Å². The maximum Gasteiger partial charge on any atom is 0.305 e. The normalized spacial score (nSPS) is 27.0. The van der Waals surface area contributed by atoms with Crippen molar-refractivity contribution in [2.45, 2.75) is 64.0 Å². The fraction of sp³-hybridized carbons (Fsp3) is 0.917. The average molecular weight is 216 g/mol. The second-order valence-electron chi connectivity index (χ2n) is 4.29. The number of carbonyl (C=O) groups is 1. The zero-order valence-corrected chi connectivity index (χ0v) is 9.34. The average Bonchev–Trinajstić information content (AvgIpc) is 2.24. The Kier molecular flexibility index (Phi) is 6.37. The van der Waals surface area contributed by atoms with Gasteiger partial charge in [-0.25, -0.2) is 4.39 Å². The molecule has 0 spiro atoms. The quantitative estimate of drug-likeness (QED) is 0.580. The van der Waals surface area contributed by atoms with Gasteiger partial charge in [-0.2, -0.15) is 0 Å². The van der Waals surface area contributed by atoms with E-state index in [0.29, 0.717) is 12.8 Å². The zero-order valence-electron chi connectivity index (χ0n) is 9.34. The molecule has 1 unspecified atom stereocenters. The molecule has 1 heterocycles. The number of cyclic esters (lactones) is 1. The van der Waals surface area contributed by atoms with Crippen molar-refractivity contribution in [3.8, 4) is 0 Å². The SMILES string of the molecule is O=C1CCCCCCCCCC(F)CO1. The van der Waals surface area contributed by atoms with Crippen molar-refractivity contribution in [1.82, 2.24) is 0 Å². The molecule has 0 saturated carbocycles. The summed E-state index contributed by atoms with van der Waals surface area (Å²) in [6.45, 7) is -0.0428. The van der Waals surface area contributed by atoms with Crippen LogP contribution in [0.4, 0.5) is 4.39 Å². The van der Waals surface area contributed by atoms with Crippen LogP contribution < -0.4 is 0 Å². The third-order valence-corrected chi connectivity index (χ3v) is 2.82. The Morgan fingerprint density at radius 3 is 2.33 bits per heavy atom. The Balaban J connectivity index is 2.25. The molecule has 0 aromatic rings. The number of esters is 1. The lowest BCUT2D eigenvalue weighted by atomic mass is 10.1.